The molecule has 0 aliphatic heterocycles. The minimum absolute atomic E-state index is 0.0263. The van der Waals surface area contributed by atoms with Crippen molar-refractivity contribution in [2.75, 3.05) is 17.2 Å². The fourth-order valence-corrected chi connectivity index (χ4v) is 5.32. The highest BCUT2D eigenvalue weighted by atomic mass is 32.1. The van der Waals surface area contributed by atoms with Crippen LogP contribution >= 0.6 is 11.5 Å². The van der Waals surface area contributed by atoms with Crippen molar-refractivity contribution in [3.05, 3.63) is 70.5 Å². The van der Waals surface area contributed by atoms with Crippen molar-refractivity contribution in [2.45, 2.75) is 51.1 Å². The van der Waals surface area contributed by atoms with E-state index in [4.69, 9.17) is 16.2 Å². The summed E-state index contributed by atoms with van der Waals surface area (Å²) in [6, 6.07) is 10.9. The predicted octanol–water partition coefficient (Wildman–Crippen LogP) is 4.20. The Morgan fingerprint density at radius 2 is 1.76 bits per heavy atom. The fourth-order valence-electron chi connectivity index (χ4n) is 4.58. The van der Waals surface area contributed by atoms with Gasteiger partial charge in [-0.2, -0.15) is 4.37 Å². The number of amides is 3. The van der Waals surface area contributed by atoms with Crippen LogP contribution in [0.4, 0.5) is 15.8 Å². The number of nitrogens with one attached hydrogen (secondary N) is 1. The lowest BCUT2D eigenvalue weighted by atomic mass is 9.94. The molecule has 0 radical (unpaired) electrons. The number of benzene rings is 2. The number of anilines is 2. The molecule has 2 aromatic carbocycles. The molecule has 4 rings (SSSR count). The maximum atomic E-state index is 14.0. The van der Waals surface area contributed by atoms with Gasteiger partial charge in [0.1, 0.15) is 22.5 Å². The van der Waals surface area contributed by atoms with Gasteiger partial charge in [-0.25, -0.2) is 4.39 Å². The summed E-state index contributed by atoms with van der Waals surface area (Å²) in [6.07, 6.45) is 4.81. The Bertz CT molecular complexity index is 1290. The molecule has 0 spiro atoms. The van der Waals surface area contributed by atoms with Gasteiger partial charge in [-0.05, 0) is 73.3 Å². The van der Waals surface area contributed by atoms with Crippen LogP contribution in [0.1, 0.15) is 70.8 Å². The molecule has 1 aliphatic rings. The van der Waals surface area contributed by atoms with Gasteiger partial charge in [-0.1, -0.05) is 31.4 Å². The average molecular weight is 540 g/mol. The van der Waals surface area contributed by atoms with Crippen molar-refractivity contribution in [2.24, 2.45) is 5.73 Å². The van der Waals surface area contributed by atoms with Crippen molar-refractivity contribution in [1.82, 2.24) is 9.69 Å². The van der Waals surface area contributed by atoms with E-state index >= 15 is 0 Å². The van der Waals surface area contributed by atoms with Gasteiger partial charge in [0.15, 0.2) is 5.69 Å². The van der Waals surface area contributed by atoms with Crippen LogP contribution in [0.3, 0.4) is 0 Å². The molecule has 11 heteroatoms. The number of nitrogen functional groups attached to an aromatic ring is 1. The highest BCUT2D eigenvalue weighted by Crippen LogP contribution is 2.34. The van der Waals surface area contributed by atoms with Crippen LogP contribution in [0.5, 0.6) is 5.75 Å². The van der Waals surface area contributed by atoms with Crippen LogP contribution in [-0.2, 0) is 4.79 Å². The molecule has 1 heterocycles. The number of rotatable bonds is 9. The summed E-state index contributed by atoms with van der Waals surface area (Å²) in [7, 11) is 0. The number of carbonyl (C=O) groups excluding carboxylic acids is 3. The third kappa shape index (κ3) is 5.94. The largest absolute Gasteiger partial charge is 0.494 e. The first-order valence-corrected chi connectivity index (χ1v) is 13.2. The van der Waals surface area contributed by atoms with E-state index in [1.54, 1.807) is 24.3 Å². The van der Waals surface area contributed by atoms with Crippen LogP contribution in [-0.4, -0.2) is 34.7 Å². The zero-order chi connectivity index (χ0) is 27.2. The van der Waals surface area contributed by atoms with E-state index < -0.39 is 29.6 Å². The minimum atomic E-state index is -1.14. The van der Waals surface area contributed by atoms with Gasteiger partial charge in [-0.3, -0.25) is 19.3 Å². The Hall–Kier alpha value is -3.99. The summed E-state index contributed by atoms with van der Waals surface area (Å²) in [5.74, 6) is -1.82. The number of ether oxygens (including phenoxy) is 1. The van der Waals surface area contributed by atoms with Crippen molar-refractivity contribution in [3.63, 3.8) is 0 Å². The molecule has 1 atom stereocenters. The predicted molar refractivity (Wildman–Crippen MR) is 144 cm³/mol. The Balaban J connectivity index is 1.82. The van der Waals surface area contributed by atoms with Gasteiger partial charge in [0.05, 0.1) is 12.3 Å². The summed E-state index contributed by atoms with van der Waals surface area (Å²) in [4.78, 5) is 40.9. The molecular weight excluding hydrogens is 509 g/mol. The van der Waals surface area contributed by atoms with Crippen LogP contribution in [0, 0.1) is 5.82 Å². The molecule has 1 unspecified atom stereocenters. The second-order valence-electron chi connectivity index (χ2n) is 9.04. The number of primary amides is 1. The van der Waals surface area contributed by atoms with Crippen molar-refractivity contribution in [1.29, 1.82) is 0 Å². The van der Waals surface area contributed by atoms with Gasteiger partial charge < -0.3 is 21.5 Å². The fraction of sp³-hybridized carbons (Fsp3) is 0.333. The zero-order valence-electron chi connectivity index (χ0n) is 21.0. The lowest BCUT2D eigenvalue weighted by Crippen LogP contribution is -2.47. The molecule has 3 aromatic rings. The van der Waals surface area contributed by atoms with Gasteiger partial charge in [0.25, 0.3) is 11.8 Å². The molecule has 0 saturated heterocycles. The summed E-state index contributed by atoms with van der Waals surface area (Å²) >= 11 is 0.715. The summed E-state index contributed by atoms with van der Waals surface area (Å²) in [6.45, 7) is 2.33. The Labute approximate surface area is 224 Å². The first kappa shape index (κ1) is 27.1. The average Bonchev–Trinajstić information content (AvgIpc) is 3.30. The molecule has 0 bridgehead atoms. The van der Waals surface area contributed by atoms with Crippen molar-refractivity contribution >= 4 is 40.6 Å². The number of aromatic nitrogens is 1. The molecule has 5 N–H and O–H groups in total. The van der Waals surface area contributed by atoms with Crippen LogP contribution < -0.4 is 26.4 Å². The first-order valence-electron chi connectivity index (χ1n) is 12.5. The third-order valence-electron chi connectivity index (χ3n) is 6.44. The number of hydrogen-bond acceptors (Lipinski definition) is 7. The number of hydrogen-bond donors (Lipinski definition) is 3. The lowest BCUT2D eigenvalue weighted by molar-refractivity contribution is -0.123. The Morgan fingerprint density at radius 1 is 1.11 bits per heavy atom. The van der Waals surface area contributed by atoms with Gasteiger partial charge in [-0.15, -0.1) is 0 Å². The second kappa shape index (κ2) is 12.0. The van der Waals surface area contributed by atoms with Crippen LogP contribution in [0.25, 0.3) is 0 Å². The van der Waals surface area contributed by atoms with E-state index in [1.807, 2.05) is 6.92 Å². The quantitative estimate of drug-likeness (QED) is 0.372. The highest BCUT2D eigenvalue weighted by Gasteiger charge is 2.37. The normalized spacial score (nSPS) is 14.5. The van der Waals surface area contributed by atoms with Crippen LogP contribution in [0.2, 0.25) is 0 Å². The second-order valence-corrected chi connectivity index (χ2v) is 9.81. The van der Waals surface area contributed by atoms with E-state index in [1.165, 1.54) is 29.2 Å². The number of carbonyl (C=O) groups is 3. The summed E-state index contributed by atoms with van der Waals surface area (Å²) in [5, 5.41) is 3.11. The van der Waals surface area contributed by atoms with Crippen molar-refractivity contribution < 1.29 is 23.5 Å². The van der Waals surface area contributed by atoms with Gasteiger partial charge in [0.2, 0.25) is 5.91 Å². The van der Waals surface area contributed by atoms with E-state index in [-0.39, 0.29) is 28.0 Å². The van der Waals surface area contributed by atoms with Crippen molar-refractivity contribution in [3.8, 4) is 5.75 Å². The third-order valence-corrected chi connectivity index (χ3v) is 7.30. The summed E-state index contributed by atoms with van der Waals surface area (Å²) < 4.78 is 23.4. The van der Waals surface area contributed by atoms with Crippen LogP contribution in [0.15, 0.2) is 48.5 Å². The van der Waals surface area contributed by atoms with Gasteiger partial charge >= 0.3 is 0 Å². The Morgan fingerprint density at radius 3 is 2.34 bits per heavy atom. The van der Waals surface area contributed by atoms with E-state index in [0.29, 0.717) is 29.5 Å². The molecule has 3 amide bonds. The topological polar surface area (TPSA) is 141 Å². The number of nitrogens with two attached hydrogens (primary N) is 2. The Kier molecular flexibility index (Phi) is 8.57. The molecule has 1 aliphatic carbocycles. The standard InChI is InChI=1S/C27H30FN5O4S/c1-2-37-20-14-8-16(9-15-20)23(26(35)31-18-6-4-3-5-7-18)33(19-12-10-17(28)11-13-19)27(36)24-21(29)22(25(30)34)32-38-24/h8-15,18,23H,2-7,29H2,1H3,(H2,30,34)(H,31,35). The van der Waals surface area contributed by atoms with Gasteiger partial charge in [0, 0.05) is 11.7 Å². The first-order chi connectivity index (χ1) is 18.3. The van der Waals surface area contributed by atoms with E-state index in [0.717, 1.165) is 32.1 Å². The SMILES string of the molecule is CCOc1ccc(C(C(=O)NC2CCCCC2)N(C(=O)c2snc(C(N)=O)c2N)c2ccc(F)cc2)cc1. The molecule has 1 saturated carbocycles. The van der Waals surface area contributed by atoms with E-state index in [9.17, 15) is 18.8 Å². The smallest absolute Gasteiger partial charge is 0.273 e. The molecule has 38 heavy (non-hydrogen) atoms. The maximum Gasteiger partial charge on any atom is 0.273 e. The number of nitrogens with zero attached hydrogens (tertiary/aromatic N) is 2. The van der Waals surface area contributed by atoms with E-state index in [2.05, 4.69) is 9.69 Å². The molecule has 1 fully saturated rings. The molecule has 200 valence electrons. The molecule has 1 aromatic heterocycles. The summed E-state index contributed by atoms with van der Waals surface area (Å²) in [5.41, 5.74) is 11.8. The lowest BCUT2D eigenvalue weighted by Gasteiger charge is -2.33. The molecule has 9 nitrogen and oxygen atoms in total. The molecular formula is C27H30FN5O4S. The highest BCUT2D eigenvalue weighted by molar-refractivity contribution is 7.09. The minimum Gasteiger partial charge on any atom is -0.494 e. The monoisotopic (exact) mass is 539 g/mol. The maximum absolute atomic E-state index is 14.0. The number of halogens is 1. The zero-order valence-corrected chi connectivity index (χ0v) is 21.8.